The Bertz CT molecular complexity index is 1570. The Morgan fingerprint density at radius 1 is 0.280 bits per heavy atom. The van der Waals surface area contributed by atoms with Gasteiger partial charge in [-0.05, 0) is 109 Å². The highest BCUT2D eigenvalue weighted by Crippen LogP contribution is 2.16. The van der Waals surface area contributed by atoms with Crippen molar-refractivity contribution in [1.82, 2.24) is 0 Å². The van der Waals surface area contributed by atoms with Gasteiger partial charge in [0, 0.05) is 19.3 Å². The van der Waals surface area contributed by atoms with E-state index in [4.69, 9.17) is 14.2 Å². The molecule has 0 bridgehead atoms. The fraction of sp³-hybridized carbons (Fsp3) is 0.667. The van der Waals surface area contributed by atoms with Crippen LogP contribution in [0.5, 0.6) is 0 Å². The minimum absolute atomic E-state index is 0.0955. The summed E-state index contributed by atoms with van der Waals surface area (Å²) in [7, 11) is 0. The number of hydrogen-bond donors (Lipinski definition) is 0. The third-order valence-electron chi connectivity index (χ3n) is 13.0. The maximum absolute atomic E-state index is 12.8. The first-order valence-corrected chi connectivity index (χ1v) is 31.0. The first-order chi connectivity index (χ1) is 37.0. The van der Waals surface area contributed by atoms with Gasteiger partial charge in [-0.2, -0.15) is 0 Å². The smallest absolute Gasteiger partial charge is 0.306 e. The molecule has 1 atom stereocenters. The van der Waals surface area contributed by atoms with E-state index in [2.05, 4.69) is 142 Å². The number of unbranched alkanes of at least 4 members (excludes halogenated alkanes) is 24. The number of carbonyl (C=O) groups is 3. The molecule has 0 aliphatic rings. The highest BCUT2D eigenvalue weighted by Gasteiger charge is 2.19. The minimum atomic E-state index is -0.803. The molecule has 0 amide bonds. The zero-order valence-electron chi connectivity index (χ0n) is 48.8. The molecule has 0 heterocycles. The molecule has 0 saturated heterocycles. The molecule has 6 heteroatoms. The quantitative estimate of drug-likeness (QED) is 0.0261. The molecule has 0 saturated carbocycles. The van der Waals surface area contributed by atoms with Crippen molar-refractivity contribution in [2.45, 2.75) is 284 Å². The van der Waals surface area contributed by atoms with E-state index in [-0.39, 0.29) is 37.5 Å². The lowest BCUT2D eigenvalue weighted by molar-refractivity contribution is -0.167. The monoisotopic (exact) mass is 1040 g/mol. The lowest BCUT2D eigenvalue weighted by Gasteiger charge is -2.18. The second-order valence-corrected chi connectivity index (χ2v) is 20.2. The fourth-order valence-electron chi connectivity index (χ4n) is 8.38. The number of carbonyl (C=O) groups excluding carboxylic acids is 3. The molecule has 0 aromatic carbocycles. The van der Waals surface area contributed by atoms with Gasteiger partial charge in [-0.15, -0.1) is 0 Å². The number of allylic oxidation sites excluding steroid dienone is 20. The molecule has 6 nitrogen and oxygen atoms in total. The highest BCUT2D eigenvalue weighted by molar-refractivity contribution is 5.71. The van der Waals surface area contributed by atoms with Crippen molar-refractivity contribution in [3.05, 3.63) is 122 Å². The lowest BCUT2D eigenvalue weighted by Crippen LogP contribution is -2.30. The molecule has 0 aliphatic carbocycles. The molecule has 0 fully saturated rings. The first kappa shape index (κ1) is 70.8. The van der Waals surface area contributed by atoms with Crippen LogP contribution >= 0.6 is 0 Å². The first-order valence-electron chi connectivity index (χ1n) is 31.0. The molecule has 1 unspecified atom stereocenters. The van der Waals surface area contributed by atoms with Gasteiger partial charge >= 0.3 is 17.9 Å². The second-order valence-electron chi connectivity index (χ2n) is 20.2. The Morgan fingerprint density at radius 3 is 0.840 bits per heavy atom. The van der Waals surface area contributed by atoms with E-state index < -0.39 is 6.10 Å². The summed E-state index contributed by atoms with van der Waals surface area (Å²) in [6.07, 6.45) is 86.3. The molecule has 0 aliphatic heterocycles. The molecule has 0 rings (SSSR count). The summed E-state index contributed by atoms with van der Waals surface area (Å²) in [5.41, 5.74) is 0. The van der Waals surface area contributed by atoms with E-state index in [1.165, 1.54) is 116 Å². The third-order valence-corrected chi connectivity index (χ3v) is 13.0. The van der Waals surface area contributed by atoms with Crippen LogP contribution in [0.2, 0.25) is 0 Å². The standard InChI is InChI=1S/C69H114O6/c1-4-7-10-13-16-19-22-25-27-28-29-30-31-32-33-34-35-36-37-38-39-40-42-44-47-50-53-56-59-62-68(71)74-65-66(64-73-67(70)61-58-55-52-49-46-43-24-21-18-15-12-9-6-3)75-69(72)63-60-57-54-51-48-45-41-26-23-20-17-14-11-8-5-2/h7-8,10-11,16-17,19-20,25-27,29-30,32-33,35-36,41,48,51,66H,4-6,9,12-15,18,21-24,28,31,34,37-40,42-47,49-50,52-65H2,1-3H3/b10-7-,11-8-,19-16-,20-17-,27-25-,30-29-,33-32-,36-35-,41-26-,51-48-. The Kier molecular flexibility index (Phi) is 58.9. The van der Waals surface area contributed by atoms with Crippen molar-refractivity contribution >= 4 is 17.9 Å². The van der Waals surface area contributed by atoms with Gasteiger partial charge in [-0.1, -0.05) is 271 Å². The van der Waals surface area contributed by atoms with Crippen LogP contribution in [0.25, 0.3) is 0 Å². The van der Waals surface area contributed by atoms with E-state index in [1.54, 1.807) is 0 Å². The van der Waals surface area contributed by atoms with Gasteiger partial charge in [0.15, 0.2) is 6.10 Å². The van der Waals surface area contributed by atoms with E-state index in [1.807, 2.05) is 0 Å². The molecule has 0 N–H and O–H groups in total. The Hall–Kier alpha value is -4.19. The lowest BCUT2D eigenvalue weighted by atomic mass is 10.0. The molecule has 0 aromatic rings. The van der Waals surface area contributed by atoms with Crippen LogP contribution < -0.4 is 0 Å². The summed E-state index contributed by atoms with van der Waals surface area (Å²) in [6, 6.07) is 0. The van der Waals surface area contributed by atoms with Gasteiger partial charge in [0.05, 0.1) is 0 Å². The predicted molar refractivity (Wildman–Crippen MR) is 325 cm³/mol. The zero-order valence-corrected chi connectivity index (χ0v) is 48.8. The average molecular weight is 1040 g/mol. The van der Waals surface area contributed by atoms with Crippen molar-refractivity contribution in [2.24, 2.45) is 0 Å². The van der Waals surface area contributed by atoms with Crippen molar-refractivity contribution in [1.29, 1.82) is 0 Å². The van der Waals surface area contributed by atoms with Crippen molar-refractivity contribution < 1.29 is 28.6 Å². The van der Waals surface area contributed by atoms with E-state index in [0.717, 1.165) is 116 Å². The summed E-state index contributed by atoms with van der Waals surface area (Å²) < 4.78 is 16.9. The van der Waals surface area contributed by atoms with Gasteiger partial charge in [0.1, 0.15) is 13.2 Å². The summed E-state index contributed by atoms with van der Waals surface area (Å²) in [4.78, 5) is 38.2. The largest absolute Gasteiger partial charge is 0.462 e. The third kappa shape index (κ3) is 60.6. The van der Waals surface area contributed by atoms with Crippen LogP contribution in [-0.2, 0) is 28.6 Å². The molecular weight excluding hydrogens is 925 g/mol. The molecule has 75 heavy (non-hydrogen) atoms. The molecule has 0 radical (unpaired) electrons. The number of hydrogen-bond acceptors (Lipinski definition) is 6. The maximum atomic E-state index is 12.8. The fourth-order valence-corrected chi connectivity index (χ4v) is 8.38. The predicted octanol–water partition coefficient (Wildman–Crippen LogP) is 21.2. The van der Waals surface area contributed by atoms with Gasteiger partial charge in [0.2, 0.25) is 0 Å². The van der Waals surface area contributed by atoms with Gasteiger partial charge in [-0.3, -0.25) is 14.4 Å². The summed E-state index contributed by atoms with van der Waals surface area (Å²) in [5.74, 6) is -0.939. The van der Waals surface area contributed by atoms with E-state index in [9.17, 15) is 14.4 Å². The summed E-state index contributed by atoms with van der Waals surface area (Å²) in [5, 5.41) is 0. The van der Waals surface area contributed by atoms with Crippen LogP contribution in [0.4, 0.5) is 0 Å². The number of esters is 3. The molecule has 0 spiro atoms. The Labute approximate surface area is 462 Å². The minimum Gasteiger partial charge on any atom is -0.462 e. The van der Waals surface area contributed by atoms with Crippen LogP contribution in [0.15, 0.2) is 122 Å². The topological polar surface area (TPSA) is 78.9 Å². The van der Waals surface area contributed by atoms with Gasteiger partial charge in [-0.25, -0.2) is 0 Å². The van der Waals surface area contributed by atoms with Crippen molar-refractivity contribution in [3.8, 4) is 0 Å². The van der Waals surface area contributed by atoms with Crippen LogP contribution in [0.1, 0.15) is 278 Å². The van der Waals surface area contributed by atoms with Crippen LogP contribution in [-0.4, -0.2) is 37.2 Å². The molecular formula is C69H114O6. The van der Waals surface area contributed by atoms with E-state index in [0.29, 0.717) is 19.3 Å². The van der Waals surface area contributed by atoms with Crippen molar-refractivity contribution in [3.63, 3.8) is 0 Å². The van der Waals surface area contributed by atoms with Crippen LogP contribution in [0, 0.1) is 0 Å². The number of rotatable bonds is 55. The Morgan fingerprint density at radius 2 is 0.520 bits per heavy atom. The van der Waals surface area contributed by atoms with E-state index >= 15 is 0 Å². The average Bonchev–Trinajstić information content (AvgIpc) is 3.41. The maximum Gasteiger partial charge on any atom is 0.306 e. The SMILES string of the molecule is CC/C=C\C/C=C\C/C=C\C/C=C\C/C=C\C/C=C\CCCCCCCCCCCCC(=O)OCC(COC(=O)CCCCCCCCCCCCCCC)OC(=O)CCCC/C=C\C/C=C\C/C=C\C/C=C\CC. The van der Waals surface area contributed by atoms with Crippen molar-refractivity contribution in [2.75, 3.05) is 13.2 Å². The second kappa shape index (κ2) is 62.4. The number of ether oxygens (including phenoxy) is 3. The van der Waals surface area contributed by atoms with Gasteiger partial charge in [0.25, 0.3) is 0 Å². The normalized spacial score (nSPS) is 12.9. The molecule has 426 valence electrons. The summed E-state index contributed by atoms with van der Waals surface area (Å²) >= 11 is 0. The highest BCUT2D eigenvalue weighted by atomic mass is 16.6. The van der Waals surface area contributed by atoms with Gasteiger partial charge < -0.3 is 14.2 Å². The summed E-state index contributed by atoms with van der Waals surface area (Å²) in [6.45, 7) is 6.38. The molecule has 0 aromatic heterocycles. The zero-order chi connectivity index (χ0) is 54.3. The van der Waals surface area contributed by atoms with Crippen LogP contribution in [0.3, 0.4) is 0 Å². The Balaban J connectivity index is 4.31.